The molecule has 2 nitrogen and oxygen atoms in total. The van der Waals surface area contributed by atoms with Crippen LogP contribution in [0, 0.1) is 0 Å². The van der Waals surface area contributed by atoms with E-state index < -0.39 is 0 Å². The zero-order chi connectivity index (χ0) is 9.94. The van der Waals surface area contributed by atoms with Crippen LogP contribution in [-0.4, -0.2) is 6.04 Å². The highest BCUT2D eigenvalue weighted by molar-refractivity contribution is 4.63. The molecule has 13 heavy (non-hydrogen) atoms. The van der Waals surface area contributed by atoms with Crippen LogP contribution >= 0.6 is 0 Å². The molecule has 0 unspecified atom stereocenters. The minimum Gasteiger partial charge on any atom is -0.271 e. The Morgan fingerprint density at radius 2 is 1.38 bits per heavy atom. The second-order valence-corrected chi connectivity index (χ2v) is 3.86. The second kappa shape index (κ2) is 10.0. The van der Waals surface area contributed by atoms with Gasteiger partial charge in [0.15, 0.2) is 0 Å². The van der Waals surface area contributed by atoms with E-state index in [9.17, 15) is 0 Å². The van der Waals surface area contributed by atoms with Crippen molar-refractivity contribution in [1.82, 2.24) is 5.43 Å². The highest BCUT2D eigenvalue weighted by Crippen LogP contribution is 2.09. The minimum atomic E-state index is 0.554. The summed E-state index contributed by atoms with van der Waals surface area (Å²) in [7, 11) is 0. The number of hydrazine groups is 1. The third-order valence-electron chi connectivity index (χ3n) is 2.55. The van der Waals surface area contributed by atoms with Gasteiger partial charge in [0, 0.05) is 6.04 Å². The smallest absolute Gasteiger partial charge is 0.0210 e. The van der Waals surface area contributed by atoms with Crippen LogP contribution in [0.15, 0.2) is 0 Å². The van der Waals surface area contributed by atoms with Gasteiger partial charge in [-0.05, 0) is 12.8 Å². The van der Waals surface area contributed by atoms with E-state index in [-0.39, 0.29) is 0 Å². The molecule has 0 heterocycles. The van der Waals surface area contributed by atoms with E-state index in [0.29, 0.717) is 6.04 Å². The summed E-state index contributed by atoms with van der Waals surface area (Å²) in [6.45, 7) is 4.48. The SMILES string of the molecule is CCCCCC(CCCCC)NN. The number of unbranched alkanes of at least 4 members (excludes halogenated alkanes) is 4. The van der Waals surface area contributed by atoms with Crippen molar-refractivity contribution in [2.24, 2.45) is 5.84 Å². The molecule has 0 aromatic rings. The Morgan fingerprint density at radius 1 is 0.923 bits per heavy atom. The lowest BCUT2D eigenvalue weighted by atomic mass is 10.0. The predicted molar refractivity (Wildman–Crippen MR) is 59.4 cm³/mol. The molecule has 0 aromatic carbocycles. The molecule has 0 saturated heterocycles. The van der Waals surface area contributed by atoms with Crippen LogP contribution in [0.25, 0.3) is 0 Å². The Balaban J connectivity index is 3.28. The van der Waals surface area contributed by atoms with Crippen LogP contribution in [-0.2, 0) is 0 Å². The maximum Gasteiger partial charge on any atom is 0.0210 e. The van der Waals surface area contributed by atoms with Crippen molar-refractivity contribution in [1.29, 1.82) is 0 Å². The highest BCUT2D eigenvalue weighted by atomic mass is 15.2. The van der Waals surface area contributed by atoms with Crippen molar-refractivity contribution in [3.05, 3.63) is 0 Å². The molecule has 0 radical (unpaired) electrons. The molecule has 0 atom stereocenters. The van der Waals surface area contributed by atoms with Crippen molar-refractivity contribution < 1.29 is 0 Å². The minimum absolute atomic E-state index is 0.554. The van der Waals surface area contributed by atoms with E-state index in [1.54, 1.807) is 0 Å². The highest BCUT2D eigenvalue weighted by Gasteiger charge is 2.04. The van der Waals surface area contributed by atoms with E-state index >= 15 is 0 Å². The molecular weight excluding hydrogens is 160 g/mol. The van der Waals surface area contributed by atoms with Gasteiger partial charge in [-0.1, -0.05) is 52.4 Å². The van der Waals surface area contributed by atoms with Crippen LogP contribution in [0.5, 0.6) is 0 Å². The maximum atomic E-state index is 5.49. The molecule has 0 aliphatic heterocycles. The van der Waals surface area contributed by atoms with Gasteiger partial charge in [0.1, 0.15) is 0 Å². The first-order valence-corrected chi connectivity index (χ1v) is 5.81. The van der Waals surface area contributed by atoms with E-state index in [4.69, 9.17) is 5.84 Å². The molecule has 0 fully saturated rings. The lowest BCUT2D eigenvalue weighted by Crippen LogP contribution is -2.34. The molecule has 0 aliphatic rings. The van der Waals surface area contributed by atoms with Gasteiger partial charge in [-0.15, -0.1) is 0 Å². The number of nitrogens with two attached hydrogens (primary N) is 1. The van der Waals surface area contributed by atoms with Gasteiger partial charge in [-0.3, -0.25) is 11.3 Å². The summed E-state index contributed by atoms with van der Waals surface area (Å²) in [5, 5.41) is 0. The lowest BCUT2D eigenvalue weighted by molar-refractivity contribution is 0.427. The Hall–Kier alpha value is -0.0800. The fourth-order valence-electron chi connectivity index (χ4n) is 1.59. The molecule has 0 spiro atoms. The molecule has 80 valence electrons. The molecule has 0 amide bonds. The van der Waals surface area contributed by atoms with Gasteiger partial charge in [0.2, 0.25) is 0 Å². The van der Waals surface area contributed by atoms with Crippen LogP contribution in [0.1, 0.15) is 65.2 Å². The lowest BCUT2D eigenvalue weighted by Gasteiger charge is -2.14. The van der Waals surface area contributed by atoms with E-state index in [1.165, 1.54) is 51.4 Å². The summed E-state index contributed by atoms with van der Waals surface area (Å²) >= 11 is 0. The number of hydrogen-bond donors (Lipinski definition) is 2. The zero-order valence-electron chi connectivity index (χ0n) is 9.31. The fourth-order valence-corrected chi connectivity index (χ4v) is 1.59. The van der Waals surface area contributed by atoms with Gasteiger partial charge in [0.25, 0.3) is 0 Å². The Kier molecular flexibility index (Phi) is 9.94. The van der Waals surface area contributed by atoms with Gasteiger partial charge in [0.05, 0.1) is 0 Å². The molecule has 0 aromatic heterocycles. The monoisotopic (exact) mass is 186 g/mol. The average molecular weight is 186 g/mol. The molecule has 0 rings (SSSR count). The van der Waals surface area contributed by atoms with Crippen molar-refractivity contribution in [2.75, 3.05) is 0 Å². The molecule has 0 saturated carbocycles. The Morgan fingerprint density at radius 3 is 1.69 bits per heavy atom. The summed E-state index contributed by atoms with van der Waals surface area (Å²) in [4.78, 5) is 0. The zero-order valence-corrected chi connectivity index (χ0v) is 9.31. The van der Waals surface area contributed by atoms with Crippen molar-refractivity contribution in [3.8, 4) is 0 Å². The van der Waals surface area contributed by atoms with E-state index in [1.807, 2.05) is 0 Å². The third kappa shape index (κ3) is 8.26. The molecule has 3 N–H and O–H groups in total. The molecular formula is C11H26N2. The predicted octanol–water partition coefficient (Wildman–Crippen LogP) is 2.98. The van der Waals surface area contributed by atoms with Gasteiger partial charge in [-0.25, -0.2) is 0 Å². The summed E-state index contributed by atoms with van der Waals surface area (Å²) in [6.07, 6.45) is 10.4. The number of hydrogen-bond acceptors (Lipinski definition) is 2. The van der Waals surface area contributed by atoms with Crippen molar-refractivity contribution in [3.63, 3.8) is 0 Å². The van der Waals surface area contributed by atoms with E-state index in [0.717, 1.165) is 0 Å². The Bertz CT molecular complexity index is 84.1. The van der Waals surface area contributed by atoms with E-state index in [2.05, 4.69) is 19.3 Å². The summed E-state index contributed by atoms with van der Waals surface area (Å²) < 4.78 is 0. The first kappa shape index (κ1) is 12.9. The number of rotatable bonds is 9. The van der Waals surface area contributed by atoms with Crippen molar-refractivity contribution in [2.45, 2.75) is 71.3 Å². The largest absolute Gasteiger partial charge is 0.271 e. The Labute approximate surface area is 83.2 Å². The topological polar surface area (TPSA) is 38.0 Å². The molecule has 2 heteroatoms. The van der Waals surface area contributed by atoms with Crippen LogP contribution < -0.4 is 11.3 Å². The number of nitrogens with one attached hydrogen (secondary N) is 1. The van der Waals surface area contributed by atoms with Crippen LogP contribution in [0.2, 0.25) is 0 Å². The first-order chi connectivity index (χ1) is 6.35. The molecule has 0 aliphatic carbocycles. The van der Waals surface area contributed by atoms with Crippen molar-refractivity contribution >= 4 is 0 Å². The summed E-state index contributed by atoms with van der Waals surface area (Å²) in [6, 6.07) is 0.554. The molecule has 0 bridgehead atoms. The second-order valence-electron chi connectivity index (χ2n) is 3.86. The maximum absolute atomic E-state index is 5.49. The first-order valence-electron chi connectivity index (χ1n) is 5.81. The van der Waals surface area contributed by atoms with Gasteiger partial charge >= 0.3 is 0 Å². The average Bonchev–Trinajstić information content (AvgIpc) is 2.16. The summed E-state index contributed by atoms with van der Waals surface area (Å²) in [5.74, 6) is 5.49. The van der Waals surface area contributed by atoms with Gasteiger partial charge in [-0.2, -0.15) is 0 Å². The quantitative estimate of drug-likeness (QED) is 0.330. The third-order valence-corrected chi connectivity index (χ3v) is 2.55. The standard InChI is InChI=1S/C11H26N2/c1-3-5-7-9-11(13-12)10-8-6-4-2/h11,13H,3-10,12H2,1-2H3. The summed E-state index contributed by atoms with van der Waals surface area (Å²) in [5.41, 5.74) is 2.92. The van der Waals surface area contributed by atoms with Crippen LogP contribution in [0.3, 0.4) is 0 Å². The normalized spacial score (nSPS) is 11.1. The van der Waals surface area contributed by atoms with Gasteiger partial charge < -0.3 is 0 Å². The van der Waals surface area contributed by atoms with Crippen LogP contribution in [0.4, 0.5) is 0 Å². The fraction of sp³-hybridized carbons (Fsp3) is 1.00.